The van der Waals surface area contributed by atoms with E-state index in [9.17, 15) is 33.4 Å². The SMILES string of the molecule is CCCn1c(=O)n(C2CC2)c(=O)c2[nH]c(-c3ccc(N(CC(O)CO)C(=O)Nc4ccc(F)c(F)c4)nc3)nc21. The monoisotopic (exact) mass is 555 g/mol. The van der Waals surface area contributed by atoms with Crippen LogP contribution in [-0.2, 0) is 6.54 Å². The van der Waals surface area contributed by atoms with Crippen molar-refractivity contribution in [3.8, 4) is 11.4 Å². The van der Waals surface area contributed by atoms with Gasteiger partial charge in [-0.2, -0.15) is 0 Å². The Morgan fingerprint density at radius 2 is 2.00 bits per heavy atom. The van der Waals surface area contributed by atoms with Crippen LogP contribution in [0.25, 0.3) is 22.6 Å². The van der Waals surface area contributed by atoms with E-state index in [4.69, 9.17) is 0 Å². The molecule has 1 fully saturated rings. The lowest BCUT2D eigenvalue weighted by molar-refractivity contribution is 0.101. The molecule has 14 heteroatoms. The molecule has 2 amide bonds. The number of nitrogens with zero attached hydrogens (tertiary/aromatic N) is 5. The number of anilines is 2. The van der Waals surface area contributed by atoms with Crippen LogP contribution in [0.3, 0.4) is 0 Å². The summed E-state index contributed by atoms with van der Waals surface area (Å²) in [6.45, 7) is 1.32. The predicted molar refractivity (Wildman–Crippen MR) is 142 cm³/mol. The number of hydrogen-bond acceptors (Lipinski definition) is 7. The van der Waals surface area contributed by atoms with Gasteiger partial charge in [0.25, 0.3) is 5.56 Å². The molecule has 4 N–H and O–H groups in total. The van der Waals surface area contributed by atoms with Crippen LogP contribution in [0.4, 0.5) is 25.1 Å². The van der Waals surface area contributed by atoms with Crippen LogP contribution in [0.15, 0.2) is 46.1 Å². The van der Waals surface area contributed by atoms with E-state index in [2.05, 4.69) is 20.3 Å². The number of benzene rings is 1. The minimum Gasteiger partial charge on any atom is -0.394 e. The molecule has 1 aromatic carbocycles. The number of halogens is 2. The van der Waals surface area contributed by atoms with Crippen LogP contribution < -0.4 is 21.5 Å². The Balaban J connectivity index is 1.47. The summed E-state index contributed by atoms with van der Waals surface area (Å²) in [5.41, 5.74) is 0.0524. The first kappa shape index (κ1) is 27.1. The fourth-order valence-corrected chi connectivity index (χ4v) is 4.35. The zero-order valence-corrected chi connectivity index (χ0v) is 21.5. The molecule has 0 radical (unpaired) electrons. The second kappa shape index (κ2) is 11.0. The van der Waals surface area contributed by atoms with Crippen molar-refractivity contribution in [2.75, 3.05) is 23.4 Å². The first-order valence-electron chi connectivity index (χ1n) is 12.8. The number of aliphatic hydroxyl groups is 2. The van der Waals surface area contributed by atoms with Gasteiger partial charge in [0.15, 0.2) is 17.3 Å². The Morgan fingerprint density at radius 3 is 2.62 bits per heavy atom. The number of aromatic nitrogens is 5. The summed E-state index contributed by atoms with van der Waals surface area (Å²) < 4.78 is 29.6. The maximum atomic E-state index is 13.6. The second-order valence-corrected chi connectivity index (χ2v) is 9.54. The van der Waals surface area contributed by atoms with Crippen molar-refractivity contribution in [3.63, 3.8) is 0 Å². The van der Waals surface area contributed by atoms with E-state index in [1.807, 2.05) is 6.92 Å². The number of aromatic amines is 1. The van der Waals surface area contributed by atoms with Gasteiger partial charge in [-0.15, -0.1) is 0 Å². The minimum atomic E-state index is -1.31. The van der Waals surface area contributed by atoms with Crippen LogP contribution >= 0.6 is 0 Å². The predicted octanol–water partition coefficient (Wildman–Crippen LogP) is 2.36. The van der Waals surface area contributed by atoms with E-state index in [1.165, 1.54) is 27.5 Å². The van der Waals surface area contributed by atoms with Gasteiger partial charge in [0, 0.05) is 36.1 Å². The van der Waals surface area contributed by atoms with Crippen molar-refractivity contribution >= 4 is 28.7 Å². The fourth-order valence-electron chi connectivity index (χ4n) is 4.35. The average molecular weight is 556 g/mol. The maximum Gasteiger partial charge on any atom is 0.333 e. The molecule has 1 aliphatic carbocycles. The van der Waals surface area contributed by atoms with Gasteiger partial charge in [0.05, 0.1) is 19.3 Å². The molecule has 3 aromatic heterocycles. The summed E-state index contributed by atoms with van der Waals surface area (Å²) in [7, 11) is 0. The van der Waals surface area contributed by atoms with Crippen LogP contribution in [0.1, 0.15) is 32.2 Å². The van der Waals surface area contributed by atoms with Gasteiger partial charge < -0.3 is 20.5 Å². The molecule has 0 saturated heterocycles. The Morgan fingerprint density at radius 1 is 1.23 bits per heavy atom. The van der Waals surface area contributed by atoms with Gasteiger partial charge in [-0.3, -0.25) is 18.8 Å². The summed E-state index contributed by atoms with van der Waals surface area (Å²) >= 11 is 0. The van der Waals surface area contributed by atoms with E-state index in [0.29, 0.717) is 18.5 Å². The smallest absolute Gasteiger partial charge is 0.333 e. The van der Waals surface area contributed by atoms with Crippen molar-refractivity contribution in [2.45, 2.75) is 44.9 Å². The first-order valence-corrected chi connectivity index (χ1v) is 12.8. The number of aryl methyl sites for hydroxylation is 1. The molecule has 1 atom stereocenters. The van der Waals surface area contributed by atoms with Gasteiger partial charge >= 0.3 is 11.7 Å². The Labute approximate surface area is 225 Å². The average Bonchev–Trinajstić information content (AvgIpc) is 3.68. The van der Waals surface area contributed by atoms with Crippen molar-refractivity contribution in [1.82, 2.24) is 24.1 Å². The molecule has 1 aliphatic rings. The van der Waals surface area contributed by atoms with Gasteiger partial charge in [-0.25, -0.2) is 28.3 Å². The lowest BCUT2D eigenvalue weighted by Crippen LogP contribution is -2.42. The normalized spacial score (nSPS) is 13.9. The number of carbonyl (C=O) groups is 1. The molecule has 1 unspecified atom stereocenters. The zero-order chi connectivity index (χ0) is 28.6. The summed E-state index contributed by atoms with van der Waals surface area (Å²) in [5.74, 6) is -1.86. The molecule has 5 rings (SSSR count). The van der Waals surface area contributed by atoms with Gasteiger partial charge in [0.2, 0.25) is 0 Å². The third-order valence-corrected chi connectivity index (χ3v) is 6.49. The van der Waals surface area contributed by atoms with Gasteiger partial charge in [-0.05, 0) is 43.5 Å². The summed E-state index contributed by atoms with van der Waals surface area (Å²) in [5, 5.41) is 21.7. The second-order valence-electron chi connectivity index (χ2n) is 9.54. The molecule has 0 spiro atoms. The zero-order valence-electron chi connectivity index (χ0n) is 21.5. The molecular weight excluding hydrogens is 528 g/mol. The Hall–Kier alpha value is -4.43. The van der Waals surface area contributed by atoms with E-state index in [-0.39, 0.29) is 41.1 Å². The molecular formula is C26H27F2N7O5. The third kappa shape index (κ3) is 5.22. The molecule has 1 saturated carbocycles. The lowest BCUT2D eigenvalue weighted by Gasteiger charge is -2.24. The highest BCUT2D eigenvalue weighted by Gasteiger charge is 2.30. The minimum absolute atomic E-state index is 0.0266. The molecule has 40 heavy (non-hydrogen) atoms. The van der Waals surface area contributed by atoms with E-state index < -0.39 is 41.6 Å². The number of aliphatic hydroxyl groups excluding tert-OH is 2. The van der Waals surface area contributed by atoms with Crippen LogP contribution in [-0.4, -0.2) is 59.6 Å². The highest BCUT2D eigenvalue weighted by Crippen LogP contribution is 2.32. The van der Waals surface area contributed by atoms with Crippen LogP contribution in [0.2, 0.25) is 0 Å². The van der Waals surface area contributed by atoms with Crippen molar-refractivity contribution in [1.29, 1.82) is 0 Å². The van der Waals surface area contributed by atoms with Crippen molar-refractivity contribution in [2.24, 2.45) is 0 Å². The van der Waals surface area contributed by atoms with E-state index in [0.717, 1.165) is 29.9 Å². The number of rotatable bonds is 9. The van der Waals surface area contributed by atoms with E-state index in [1.54, 1.807) is 6.07 Å². The number of fused-ring (bicyclic) bond motifs is 1. The van der Waals surface area contributed by atoms with Crippen molar-refractivity contribution in [3.05, 3.63) is 69.0 Å². The molecule has 3 heterocycles. The number of urea groups is 1. The number of hydrogen-bond donors (Lipinski definition) is 4. The van der Waals surface area contributed by atoms with Gasteiger partial charge in [0.1, 0.15) is 17.2 Å². The standard InChI is InChI=1S/C26H27F2N7O5/c1-2-9-33-23-21(24(38)35(26(33)40)16-5-6-16)31-22(32-23)14-3-8-20(29-11-14)34(12-17(37)13-36)25(39)30-15-4-7-18(27)19(28)10-15/h3-4,7-8,10-11,16-17,36-37H,2,5-6,9,12-13H2,1H3,(H,30,39)(H,31,32). The highest BCUT2D eigenvalue weighted by atomic mass is 19.2. The molecule has 210 valence electrons. The highest BCUT2D eigenvalue weighted by molar-refractivity contribution is 6.01. The van der Waals surface area contributed by atoms with E-state index >= 15 is 0 Å². The largest absolute Gasteiger partial charge is 0.394 e. The Kier molecular flexibility index (Phi) is 7.45. The number of H-pyrrole nitrogens is 1. The number of amides is 2. The van der Waals surface area contributed by atoms with Gasteiger partial charge in [-0.1, -0.05) is 6.92 Å². The van der Waals surface area contributed by atoms with Crippen LogP contribution in [0.5, 0.6) is 0 Å². The third-order valence-electron chi connectivity index (χ3n) is 6.49. The number of pyridine rings is 1. The fraction of sp³-hybridized carbons (Fsp3) is 0.346. The first-order chi connectivity index (χ1) is 19.2. The number of imidazole rings is 1. The summed E-state index contributed by atoms with van der Waals surface area (Å²) in [6, 6.07) is 4.94. The molecule has 4 aromatic rings. The maximum absolute atomic E-state index is 13.6. The molecule has 0 aliphatic heterocycles. The summed E-state index contributed by atoms with van der Waals surface area (Å²) in [6.07, 6.45) is 2.28. The quantitative estimate of drug-likeness (QED) is 0.247. The lowest BCUT2D eigenvalue weighted by atomic mass is 10.2. The molecule has 12 nitrogen and oxygen atoms in total. The number of carbonyl (C=O) groups excluding carboxylic acids is 1. The van der Waals surface area contributed by atoms with Crippen molar-refractivity contribution < 1.29 is 23.8 Å². The summed E-state index contributed by atoms with van der Waals surface area (Å²) in [4.78, 5) is 51.9. The topological polar surface area (TPSA) is 158 Å². The number of nitrogens with one attached hydrogen (secondary N) is 2. The van der Waals surface area contributed by atoms with Crippen LogP contribution in [0, 0.1) is 11.6 Å². The molecule has 0 bridgehead atoms. The Bertz CT molecular complexity index is 1680.